The molecule has 0 aliphatic carbocycles. The van der Waals surface area contributed by atoms with Gasteiger partial charge in [-0.2, -0.15) is 31.4 Å². The van der Waals surface area contributed by atoms with E-state index >= 15 is 0 Å². The second kappa shape index (κ2) is 8.90. The fourth-order valence-electron chi connectivity index (χ4n) is 3.43. The van der Waals surface area contributed by atoms with E-state index in [0.717, 1.165) is 21.5 Å². The topological polar surface area (TPSA) is 64.0 Å². The Morgan fingerprint density at radius 1 is 0.800 bits per heavy atom. The molecule has 4 rings (SSSR count). The van der Waals surface area contributed by atoms with Gasteiger partial charge in [-0.15, -0.1) is 0 Å². The van der Waals surface area contributed by atoms with Crippen LogP contribution in [0, 0.1) is 0 Å². The monoisotopic (exact) mass is 491 g/mol. The van der Waals surface area contributed by atoms with E-state index in [1.807, 2.05) is 41.7 Å². The number of carbonyl (C=O) groups is 1. The number of fused-ring (bicyclic) bond motifs is 1. The number of hydrogen-bond acceptors (Lipinski definition) is 3. The highest BCUT2D eigenvalue weighted by Gasteiger charge is 2.37. The third-order valence-electron chi connectivity index (χ3n) is 5.08. The third kappa shape index (κ3) is 5.51. The van der Waals surface area contributed by atoms with Gasteiger partial charge in [0, 0.05) is 17.3 Å². The minimum Gasteiger partial charge on any atom is -0.324 e. The Balaban J connectivity index is 1.60. The maximum absolute atomic E-state index is 13.0. The largest absolute Gasteiger partial charge is 0.416 e. The maximum Gasteiger partial charge on any atom is 0.416 e. The molecular weight excluding hydrogens is 476 g/mol. The van der Waals surface area contributed by atoms with E-state index in [9.17, 15) is 35.9 Å². The van der Waals surface area contributed by atoms with Crippen LogP contribution in [-0.4, -0.2) is 15.7 Å². The SMILES string of the molecule is O=C(Cn1nc(-c2ccc3ccccc3c2)ccc1=O)Nc1cc(C(F)(F)F)cc(C(F)(F)F)c1. The van der Waals surface area contributed by atoms with Gasteiger partial charge < -0.3 is 5.32 Å². The van der Waals surface area contributed by atoms with Gasteiger partial charge in [0.1, 0.15) is 6.54 Å². The van der Waals surface area contributed by atoms with Crippen molar-refractivity contribution < 1.29 is 31.1 Å². The minimum atomic E-state index is -5.06. The van der Waals surface area contributed by atoms with Crippen LogP contribution in [0.4, 0.5) is 32.0 Å². The van der Waals surface area contributed by atoms with Crippen molar-refractivity contribution in [2.75, 3.05) is 5.32 Å². The van der Waals surface area contributed by atoms with Crippen molar-refractivity contribution >= 4 is 22.4 Å². The van der Waals surface area contributed by atoms with Gasteiger partial charge in [-0.3, -0.25) is 9.59 Å². The first kappa shape index (κ1) is 24.0. The average Bonchev–Trinajstić information content (AvgIpc) is 2.79. The summed E-state index contributed by atoms with van der Waals surface area (Å²) in [5, 5.41) is 8.00. The summed E-state index contributed by atoms with van der Waals surface area (Å²) in [5.41, 5.74) is -3.54. The first-order valence-corrected chi connectivity index (χ1v) is 10.1. The van der Waals surface area contributed by atoms with Crippen LogP contribution in [0.15, 0.2) is 77.6 Å². The Bertz CT molecular complexity index is 1440. The molecule has 3 aromatic carbocycles. The third-order valence-corrected chi connectivity index (χ3v) is 5.08. The van der Waals surface area contributed by atoms with Gasteiger partial charge in [0.05, 0.1) is 16.8 Å². The molecule has 0 atom stereocenters. The normalized spacial score (nSPS) is 12.1. The highest BCUT2D eigenvalue weighted by atomic mass is 19.4. The highest BCUT2D eigenvalue weighted by molar-refractivity contribution is 5.91. The molecule has 0 aliphatic heterocycles. The van der Waals surface area contributed by atoms with Crippen molar-refractivity contribution in [3.8, 4) is 11.3 Å². The fourth-order valence-corrected chi connectivity index (χ4v) is 3.43. The number of hydrogen-bond donors (Lipinski definition) is 1. The molecule has 180 valence electrons. The number of rotatable bonds is 4. The number of benzene rings is 3. The predicted octanol–water partition coefficient (Wildman–Crippen LogP) is 5.74. The molecule has 0 bridgehead atoms. The van der Waals surface area contributed by atoms with Crippen LogP contribution in [-0.2, 0) is 23.7 Å². The molecule has 35 heavy (non-hydrogen) atoms. The summed E-state index contributed by atoms with van der Waals surface area (Å²) in [6.07, 6.45) is -10.1. The molecule has 1 amide bonds. The minimum absolute atomic E-state index is 0.0469. The van der Waals surface area contributed by atoms with Crippen LogP contribution in [0.25, 0.3) is 22.0 Å². The Morgan fingerprint density at radius 3 is 2.06 bits per heavy atom. The van der Waals surface area contributed by atoms with Gasteiger partial charge >= 0.3 is 12.4 Å². The van der Waals surface area contributed by atoms with Gasteiger partial charge in [-0.05, 0) is 41.1 Å². The van der Waals surface area contributed by atoms with Gasteiger partial charge in [0.15, 0.2) is 0 Å². The lowest BCUT2D eigenvalue weighted by Crippen LogP contribution is -2.29. The molecule has 5 nitrogen and oxygen atoms in total. The van der Waals surface area contributed by atoms with Crippen molar-refractivity contribution in [3.05, 3.63) is 94.3 Å². The van der Waals surface area contributed by atoms with Crippen LogP contribution in [0.5, 0.6) is 0 Å². The van der Waals surface area contributed by atoms with Crippen molar-refractivity contribution in [1.29, 1.82) is 0 Å². The molecule has 0 spiro atoms. The Kier molecular flexibility index (Phi) is 6.10. The Hall–Kier alpha value is -4.15. The number of carbonyl (C=O) groups excluding carboxylic acids is 1. The van der Waals surface area contributed by atoms with Gasteiger partial charge in [-0.1, -0.05) is 36.4 Å². The second-order valence-electron chi connectivity index (χ2n) is 7.62. The smallest absolute Gasteiger partial charge is 0.324 e. The van der Waals surface area contributed by atoms with E-state index in [0.29, 0.717) is 23.4 Å². The van der Waals surface area contributed by atoms with Gasteiger partial charge in [0.2, 0.25) is 5.91 Å². The van der Waals surface area contributed by atoms with Crippen LogP contribution < -0.4 is 10.9 Å². The standard InChI is InChI=1S/C24H15F6N3O2/c25-23(26,27)17-10-18(24(28,29)30)12-19(11-17)31-21(34)13-33-22(35)8-7-20(32-33)16-6-5-14-3-1-2-4-15(14)9-16/h1-12H,13H2,(H,31,34). The van der Waals surface area contributed by atoms with Crippen LogP contribution in [0.3, 0.4) is 0 Å². The summed E-state index contributed by atoms with van der Waals surface area (Å²) in [7, 11) is 0. The van der Waals surface area contributed by atoms with Crippen molar-refractivity contribution in [3.63, 3.8) is 0 Å². The Labute approximate surface area is 193 Å². The van der Waals surface area contributed by atoms with Crippen LogP contribution in [0.1, 0.15) is 11.1 Å². The molecule has 4 aromatic rings. The van der Waals surface area contributed by atoms with Crippen LogP contribution >= 0.6 is 0 Å². The number of alkyl halides is 6. The molecule has 1 N–H and O–H groups in total. The lowest BCUT2D eigenvalue weighted by molar-refractivity contribution is -0.143. The molecule has 0 aliphatic rings. The number of anilines is 1. The summed E-state index contributed by atoms with van der Waals surface area (Å²) in [6, 6.07) is 16.3. The van der Waals surface area contributed by atoms with Crippen LogP contribution in [0.2, 0.25) is 0 Å². The second-order valence-corrected chi connectivity index (χ2v) is 7.62. The van der Waals surface area contributed by atoms with Crippen molar-refractivity contribution in [2.45, 2.75) is 18.9 Å². The summed E-state index contributed by atoms with van der Waals surface area (Å²) >= 11 is 0. The quantitative estimate of drug-likeness (QED) is 0.371. The van der Waals surface area contributed by atoms with Gasteiger partial charge in [0.25, 0.3) is 5.56 Å². The molecule has 1 heterocycles. The van der Waals surface area contributed by atoms with E-state index in [2.05, 4.69) is 5.10 Å². The van der Waals surface area contributed by atoms with E-state index in [4.69, 9.17) is 0 Å². The molecule has 11 heteroatoms. The first-order valence-electron chi connectivity index (χ1n) is 10.1. The maximum atomic E-state index is 13.0. The molecular formula is C24H15F6N3O2. The van der Waals surface area contributed by atoms with Crippen molar-refractivity contribution in [2.24, 2.45) is 0 Å². The number of nitrogens with one attached hydrogen (secondary N) is 1. The van der Waals surface area contributed by atoms with E-state index in [-0.39, 0.29) is 6.07 Å². The lowest BCUT2D eigenvalue weighted by Gasteiger charge is -2.15. The Morgan fingerprint density at radius 2 is 1.43 bits per heavy atom. The summed E-state index contributed by atoms with van der Waals surface area (Å²) in [4.78, 5) is 24.6. The number of amides is 1. The molecule has 0 saturated heterocycles. The summed E-state index contributed by atoms with van der Waals surface area (Å²) < 4.78 is 79.0. The molecule has 1 aromatic heterocycles. The van der Waals surface area contributed by atoms with Crippen molar-refractivity contribution in [1.82, 2.24) is 9.78 Å². The number of halogens is 6. The fraction of sp³-hybridized carbons (Fsp3) is 0.125. The zero-order valence-electron chi connectivity index (χ0n) is 17.6. The molecule has 0 radical (unpaired) electrons. The van der Waals surface area contributed by atoms with Gasteiger partial charge in [-0.25, -0.2) is 4.68 Å². The predicted molar refractivity (Wildman–Crippen MR) is 117 cm³/mol. The number of aromatic nitrogens is 2. The van der Waals surface area contributed by atoms with E-state index < -0.39 is 47.2 Å². The van der Waals surface area contributed by atoms with E-state index in [1.54, 1.807) is 6.07 Å². The molecule has 0 unspecified atom stereocenters. The zero-order chi connectivity index (χ0) is 25.4. The summed E-state index contributed by atoms with van der Waals surface area (Å²) in [5.74, 6) is -1.03. The summed E-state index contributed by atoms with van der Waals surface area (Å²) in [6.45, 7) is -0.724. The average molecular weight is 491 g/mol. The van der Waals surface area contributed by atoms with E-state index in [1.165, 1.54) is 6.07 Å². The first-order chi connectivity index (χ1) is 16.4. The lowest BCUT2D eigenvalue weighted by atomic mass is 10.1. The molecule has 0 saturated carbocycles. The number of nitrogens with zero attached hydrogens (tertiary/aromatic N) is 2. The molecule has 0 fully saturated rings. The zero-order valence-corrected chi connectivity index (χ0v) is 17.6. The highest BCUT2D eigenvalue weighted by Crippen LogP contribution is 2.37.